The van der Waals surface area contributed by atoms with E-state index in [4.69, 9.17) is 10.5 Å². The lowest BCUT2D eigenvalue weighted by atomic mass is 10.2. The summed E-state index contributed by atoms with van der Waals surface area (Å²) in [5.41, 5.74) is 5.59. The number of anilines is 1. The Labute approximate surface area is 125 Å². The van der Waals surface area contributed by atoms with Gasteiger partial charge in [0.25, 0.3) is 0 Å². The van der Waals surface area contributed by atoms with Crippen LogP contribution in [0.25, 0.3) is 5.82 Å². The summed E-state index contributed by atoms with van der Waals surface area (Å²) in [6.45, 7) is 5.38. The van der Waals surface area contributed by atoms with E-state index in [9.17, 15) is 4.79 Å². The molecule has 0 aliphatic rings. The van der Waals surface area contributed by atoms with Gasteiger partial charge in [-0.2, -0.15) is 9.78 Å². The van der Waals surface area contributed by atoms with E-state index < -0.39 is 11.6 Å². The fraction of sp³-hybridized carbons (Fsp3) is 0.308. The average Bonchev–Trinajstić information content (AvgIpc) is 2.70. The van der Waals surface area contributed by atoms with E-state index in [1.165, 1.54) is 10.9 Å². The Hall–Kier alpha value is -1.89. The Bertz CT molecular complexity index is 629. The second kappa shape index (κ2) is 5.24. The lowest BCUT2D eigenvalue weighted by Crippen LogP contribution is -2.24. The minimum Gasteiger partial charge on any atom is -0.456 e. The standard InChI is InChI=1S/C13H15BrN4O2/c1-13(2,3)20-12(19)9-7-17-18(11(9)15)10-5-4-8(14)6-16-10/h4-7H,15H2,1-3H3. The maximum atomic E-state index is 12.0. The van der Waals surface area contributed by atoms with Crippen LogP contribution in [0.1, 0.15) is 31.1 Å². The van der Waals surface area contributed by atoms with Gasteiger partial charge in [0.1, 0.15) is 17.0 Å². The Morgan fingerprint density at radius 1 is 1.35 bits per heavy atom. The van der Waals surface area contributed by atoms with Crippen molar-refractivity contribution >= 4 is 27.7 Å². The van der Waals surface area contributed by atoms with Crippen molar-refractivity contribution in [3.63, 3.8) is 0 Å². The van der Waals surface area contributed by atoms with Gasteiger partial charge in [-0.1, -0.05) is 0 Å². The number of hydrogen-bond donors (Lipinski definition) is 1. The van der Waals surface area contributed by atoms with Crippen molar-refractivity contribution in [2.24, 2.45) is 0 Å². The molecule has 6 nitrogen and oxygen atoms in total. The third-order valence-corrected chi connectivity index (χ3v) is 2.82. The van der Waals surface area contributed by atoms with Gasteiger partial charge < -0.3 is 10.5 Å². The van der Waals surface area contributed by atoms with Crippen LogP contribution in [-0.2, 0) is 4.74 Å². The Morgan fingerprint density at radius 3 is 2.60 bits per heavy atom. The molecule has 0 saturated heterocycles. The van der Waals surface area contributed by atoms with Gasteiger partial charge in [0.15, 0.2) is 5.82 Å². The highest BCUT2D eigenvalue weighted by atomic mass is 79.9. The minimum atomic E-state index is -0.582. The van der Waals surface area contributed by atoms with Gasteiger partial charge in [0.05, 0.1) is 6.20 Å². The number of esters is 1. The highest BCUT2D eigenvalue weighted by Crippen LogP contribution is 2.20. The number of nitrogens with two attached hydrogens (primary N) is 1. The molecule has 20 heavy (non-hydrogen) atoms. The van der Waals surface area contributed by atoms with E-state index in [1.54, 1.807) is 33.0 Å². The molecule has 2 rings (SSSR count). The van der Waals surface area contributed by atoms with Crippen LogP contribution in [0.5, 0.6) is 0 Å². The summed E-state index contributed by atoms with van der Waals surface area (Å²) >= 11 is 3.30. The number of halogens is 1. The largest absolute Gasteiger partial charge is 0.456 e. The molecule has 0 bridgehead atoms. The van der Waals surface area contributed by atoms with Crippen LogP contribution in [0.2, 0.25) is 0 Å². The number of rotatable bonds is 2. The number of nitrogen functional groups attached to an aromatic ring is 1. The van der Waals surface area contributed by atoms with E-state index in [0.717, 1.165) is 4.47 Å². The predicted molar refractivity (Wildman–Crippen MR) is 78.6 cm³/mol. The third-order valence-electron chi connectivity index (χ3n) is 2.35. The summed E-state index contributed by atoms with van der Waals surface area (Å²) in [6.07, 6.45) is 3.01. The normalized spacial score (nSPS) is 11.4. The quantitative estimate of drug-likeness (QED) is 0.851. The predicted octanol–water partition coefficient (Wildman–Crippen LogP) is 2.57. The molecule has 0 atom stereocenters. The maximum absolute atomic E-state index is 12.0. The van der Waals surface area contributed by atoms with Crippen LogP contribution in [-0.4, -0.2) is 26.3 Å². The number of pyridine rings is 1. The second-order valence-corrected chi connectivity index (χ2v) is 6.11. The van der Waals surface area contributed by atoms with Crippen molar-refractivity contribution in [3.05, 3.63) is 34.6 Å². The van der Waals surface area contributed by atoms with E-state index in [-0.39, 0.29) is 11.4 Å². The van der Waals surface area contributed by atoms with Gasteiger partial charge in [-0.25, -0.2) is 9.78 Å². The lowest BCUT2D eigenvalue weighted by molar-refractivity contribution is 0.00708. The number of nitrogens with zero attached hydrogens (tertiary/aromatic N) is 3. The van der Waals surface area contributed by atoms with Crippen molar-refractivity contribution in [2.75, 3.05) is 5.73 Å². The first-order valence-electron chi connectivity index (χ1n) is 5.97. The van der Waals surface area contributed by atoms with E-state index in [2.05, 4.69) is 26.0 Å². The Kier molecular flexibility index (Phi) is 3.80. The first kappa shape index (κ1) is 14.5. The summed E-state index contributed by atoms with van der Waals surface area (Å²) < 4.78 is 7.51. The Morgan fingerprint density at radius 2 is 2.05 bits per heavy atom. The molecule has 2 heterocycles. The summed E-state index contributed by atoms with van der Waals surface area (Å²) in [5.74, 6) is 0.230. The first-order chi connectivity index (χ1) is 9.28. The second-order valence-electron chi connectivity index (χ2n) is 5.19. The molecule has 0 unspecified atom stereocenters. The molecule has 2 N–H and O–H groups in total. The fourth-order valence-electron chi connectivity index (χ4n) is 1.52. The number of ether oxygens (including phenoxy) is 1. The molecule has 2 aromatic rings. The molecule has 106 valence electrons. The molecular formula is C13H15BrN4O2. The number of carbonyl (C=O) groups excluding carboxylic acids is 1. The molecular weight excluding hydrogens is 324 g/mol. The fourth-order valence-corrected chi connectivity index (χ4v) is 1.76. The molecule has 0 spiro atoms. The van der Waals surface area contributed by atoms with Crippen LogP contribution in [0.4, 0.5) is 5.82 Å². The zero-order valence-electron chi connectivity index (χ0n) is 11.4. The van der Waals surface area contributed by atoms with Crippen LogP contribution in [0.15, 0.2) is 29.0 Å². The SMILES string of the molecule is CC(C)(C)OC(=O)c1cnn(-c2ccc(Br)cn2)c1N. The molecule has 0 radical (unpaired) electrons. The molecule has 0 saturated carbocycles. The molecule has 0 aromatic carbocycles. The van der Waals surface area contributed by atoms with Crippen molar-refractivity contribution in [1.29, 1.82) is 0 Å². The highest BCUT2D eigenvalue weighted by molar-refractivity contribution is 9.10. The van der Waals surface area contributed by atoms with Crippen molar-refractivity contribution in [3.8, 4) is 5.82 Å². The van der Waals surface area contributed by atoms with Gasteiger partial charge >= 0.3 is 5.97 Å². The lowest BCUT2D eigenvalue weighted by Gasteiger charge is -2.19. The summed E-state index contributed by atoms with van der Waals surface area (Å²) in [5, 5.41) is 4.08. The molecule has 0 amide bonds. The molecule has 0 fully saturated rings. The molecule has 0 aliphatic carbocycles. The van der Waals surface area contributed by atoms with E-state index >= 15 is 0 Å². The first-order valence-corrected chi connectivity index (χ1v) is 6.76. The van der Waals surface area contributed by atoms with Crippen LogP contribution in [0, 0.1) is 0 Å². The van der Waals surface area contributed by atoms with Gasteiger partial charge in [-0.3, -0.25) is 0 Å². The van der Waals surface area contributed by atoms with Crippen LogP contribution in [0.3, 0.4) is 0 Å². The van der Waals surface area contributed by atoms with Gasteiger partial charge in [-0.05, 0) is 48.8 Å². The van der Waals surface area contributed by atoms with Gasteiger partial charge in [0.2, 0.25) is 0 Å². The number of hydrogen-bond acceptors (Lipinski definition) is 5. The van der Waals surface area contributed by atoms with Crippen molar-refractivity contribution < 1.29 is 9.53 Å². The smallest absolute Gasteiger partial charge is 0.344 e. The molecule has 7 heteroatoms. The monoisotopic (exact) mass is 338 g/mol. The summed E-state index contributed by atoms with van der Waals surface area (Å²) in [7, 11) is 0. The van der Waals surface area contributed by atoms with E-state index in [0.29, 0.717) is 5.82 Å². The topological polar surface area (TPSA) is 83.0 Å². The highest BCUT2D eigenvalue weighted by Gasteiger charge is 2.23. The number of aromatic nitrogens is 3. The van der Waals surface area contributed by atoms with Crippen LogP contribution >= 0.6 is 15.9 Å². The third kappa shape index (κ3) is 3.16. The zero-order chi connectivity index (χ0) is 14.9. The van der Waals surface area contributed by atoms with E-state index in [1.807, 2.05) is 6.07 Å². The average molecular weight is 339 g/mol. The summed E-state index contributed by atoms with van der Waals surface area (Å²) in [4.78, 5) is 16.2. The molecule has 0 aliphatic heterocycles. The Balaban J connectivity index is 2.32. The van der Waals surface area contributed by atoms with Gasteiger partial charge in [-0.15, -0.1) is 0 Å². The zero-order valence-corrected chi connectivity index (χ0v) is 13.0. The summed E-state index contributed by atoms with van der Waals surface area (Å²) in [6, 6.07) is 3.56. The maximum Gasteiger partial charge on any atom is 0.344 e. The number of carbonyl (C=O) groups is 1. The van der Waals surface area contributed by atoms with Crippen molar-refractivity contribution in [2.45, 2.75) is 26.4 Å². The van der Waals surface area contributed by atoms with Crippen LogP contribution < -0.4 is 5.73 Å². The molecule has 2 aromatic heterocycles. The minimum absolute atomic E-state index is 0.203. The van der Waals surface area contributed by atoms with Crippen molar-refractivity contribution in [1.82, 2.24) is 14.8 Å². The van der Waals surface area contributed by atoms with Gasteiger partial charge in [0, 0.05) is 10.7 Å².